The number of hydrogen-bond donors (Lipinski definition) is 1. The van der Waals surface area contributed by atoms with Crippen LogP contribution in [0.4, 0.5) is 0 Å². The van der Waals surface area contributed by atoms with Gasteiger partial charge in [0, 0.05) is 46.2 Å². The lowest BCUT2D eigenvalue weighted by atomic mass is 10.3. The molecule has 0 aromatic carbocycles. The smallest absolute Gasteiger partial charge is 0.234 e. The fraction of sp³-hybridized carbons (Fsp3) is 0.571. The van der Waals surface area contributed by atoms with Gasteiger partial charge in [-0.25, -0.2) is 0 Å². The van der Waals surface area contributed by atoms with Gasteiger partial charge in [-0.15, -0.1) is 0 Å². The van der Waals surface area contributed by atoms with E-state index < -0.39 is 0 Å². The maximum atomic E-state index is 11.9. The summed E-state index contributed by atoms with van der Waals surface area (Å²) in [5.41, 5.74) is 0.987. The second kappa shape index (κ2) is 10.3. The number of pyridine rings is 1. The van der Waals surface area contributed by atoms with Crippen molar-refractivity contribution in [3.63, 3.8) is 0 Å². The second-order valence-electron chi connectivity index (χ2n) is 4.40. The van der Waals surface area contributed by atoms with E-state index in [0.717, 1.165) is 5.56 Å². The fourth-order valence-corrected chi connectivity index (χ4v) is 1.67. The quantitative estimate of drug-likeness (QED) is 0.668. The Morgan fingerprint density at radius 1 is 1.30 bits per heavy atom. The van der Waals surface area contributed by atoms with E-state index in [1.807, 2.05) is 17.0 Å². The Hall–Kier alpha value is -1.50. The molecule has 112 valence electrons. The molecular formula is C14H23N3O3. The van der Waals surface area contributed by atoms with Crippen molar-refractivity contribution in [2.45, 2.75) is 6.54 Å². The van der Waals surface area contributed by atoms with Crippen LogP contribution >= 0.6 is 0 Å². The van der Waals surface area contributed by atoms with E-state index in [9.17, 15) is 4.79 Å². The molecule has 1 heterocycles. The summed E-state index contributed by atoms with van der Waals surface area (Å²) in [6, 6.07) is 3.78. The van der Waals surface area contributed by atoms with Crippen LogP contribution in [0.3, 0.4) is 0 Å². The van der Waals surface area contributed by atoms with Crippen LogP contribution in [-0.2, 0) is 20.8 Å². The molecule has 0 aliphatic heterocycles. The summed E-state index contributed by atoms with van der Waals surface area (Å²) in [6.45, 7) is 3.45. The molecule has 20 heavy (non-hydrogen) atoms. The maximum absolute atomic E-state index is 11.9. The molecule has 1 N–H and O–H groups in total. The predicted molar refractivity (Wildman–Crippen MR) is 76.3 cm³/mol. The molecule has 0 spiro atoms. The highest BCUT2D eigenvalue weighted by atomic mass is 16.5. The molecule has 0 unspecified atom stereocenters. The van der Waals surface area contributed by atoms with Crippen molar-refractivity contribution < 1.29 is 14.3 Å². The number of nitrogens with zero attached hydrogens (tertiary/aromatic N) is 2. The molecule has 0 saturated carbocycles. The number of rotatable bonds is 10. The van der Waals surface area contributed by atoms with Crippen molar-refractivity contribution in [1.29, 1.82) is 0 Å². The Morgan fingerprint density at radius 3 is 2.55 bits per heavy atom. The summed E-state index contributed by atoms with van der Waals surface area (Å²) in [4.78, 5) is 17.9. The summed E-state index contributed by atoms with van der Waals surface area (Å²) in [5, 5.41) is 2.88. The zero-order valence-electron chi connectivity index (χ0n) is 12.2. The molecule has 0 bridgehead atoms. The lowest BCUT2D eigenvalue weighted by Gasteiger charge is -2.20. The topological polar surface area (TPSA) is 63.7 Å². The van der Waals surface area contributed by atoms with Crippen LogP contribution in [-0.4, -0.2) is 62.9 Å². The van der Waals surface area contributed by atoms with Crippen LogP contribution in [0.2, 0.25) is 0 Å². The molecule has 6 nitrogen and oxygen atoms in total. The van der Waals surface area contributed by atoms with E-state index in [2.05, 4.69) is 10.3 Å². The molecule has 1 rings (SSSR count). The normalized spacial score (nSPS) is 10.8. The highest BCUT2D eigenvalue weighted by molar-refractivity contribution is 5.77. The van der Waals surface area contributed by atoms with Gasteiger partial charge in [0.15, 0.2) is 0 Å². The molecule has 0 radical (unpaired) electrons. The molecule has 0 atom stereocenters. The minimum atomic E-state index is -0.0129. The average molecular weight is 281 g/mol. The highest BCUT2D eigenvalue weighted by Crippen LogP contribution is 1.95. The van der Waals surface area contributed by atoms with Crippen molar-refractivity contribution in [3.05, 3.63) is 30.1 Å². The van der Waals surface area contributed by atoms with Crippen LogP contribution in [0.5, 0.6) is 0 Å². The average Bonchev–Trinajstić information content (AvgIpc) is 2.49. The number of hydrogen-bond acceptors (Lipinski definition) is 5. The lowest BCUT2D eigenvalue weighted by molar-refractivity contribution is -0.122. The Kier molecular flexibility index (Phi) is 8.53. The van der Waals surface area contributed by atoms with Gasteiger partial charge in [0.2, 0.25) is 5.91 Å². The Morgan fingerprint density at radius 2 is 2.00 bits per heavy atom. The van der Waals surface area contributed by atoms with Gasteiger partial charge in [-0.05, 0) is 11.6 Å². The minimum Gasteiger partial charge on any atom is -0.383 e. The number of aromatic nitrogens is 1. The van der Waals surface area contributed by atoms with E-state index >= 15 is 0 Å². The van der Waals surface area contributed by atoms with Gasteiger partial charge in [-0.3, -0.25) is 14.7 Å². The molecule has 1 amide bonds. The summed E-state index contributed by atoms with van der Waals surface area (Å²) in [7, 11) is 3.30. The van der Waals surface area contributed by atoms with E-state index in [1.54, 1.807) is 26.6 Å². The Labute approximate surface area is 120 Å². The van der Waals surface area contributed by atoms with Gasteiger partial charge in [-0.2, -0.15) is 0 Å². The van der Waals surface area contributed by atoms with Crippen LogP contribution in [0, 0.1) is 0 Å². The molecule has 6 heteroatoms. The standard InChI is InChI=1S/C14H23N3O3/c1-19-8-6-17(7-9-20-2)12-14(18)16-11-13-4-3-5-15-10-13/h3-5,10H,6-9,11-12H2,1-2H3,(H,16,18). The summed E-state index contributed by atoms with van der Waals surface area (Å²) in [6.07, 6.45) is 3.45. The van der Waals surface area contributed by atoms with E-state index in [1.165, 1.54) is 0 Å². The number of carbonyl (C=O) groups excluding carboxylic acids is 1. The fourth-order valence-electron chi connectivity index (χ4n) is 1.67. The monoisotopic (exact) mass is 281 g/mol. The number of methoxy groups -OCH3 is 2. The van der Waals surface area contributed by atoms with Gasteiger partial charge in [0.25, 0.3) is 0 Å². The Balaban J connectivity index is 2.32. The van der Waals surface area contributed by atoms with Crippen LogP contribution in [0.15, 0.2) is 24.5 Å². The van der Waals surface area contributed by atoms with Crippen molar-refractivity contribution in [2.24, 2.45) is 0 Å². The highest BCUT2D eigenvalue weighted by Gasteiger charge is 2.10. The molecule has 0 aliphatic carbocycles. The summed E-state index contributed by atoms with van der Waals surface area (Å²) >= 11 is 0. The van der Waals surface area contributed by atoms with E-state index in [4.69, 9.17) is 9.47 Å². The van der Waals surface area contributed by atoms with Crippen LogP contribution in [0.25, 0.3) is 0 Å². The second-order valence-corrected chi connectivity index (χ2v) is 4.40. The third-order valence-corrected chi connectivity index (χ3v) is 2.80. The number of carbonyl (C=O) groups is 1. The van der Waals surface area contributed by atoms with Crippen molar-refractivity contribution in [3.8, 4) is 0 Å². The first-order valence-corrected chi connectivity index (χ1v) is 6.62. The molecule has 0 saturated heterocycles. The SMILES string of the molecule is COCCN(CCOC)CC(=O)NCc1cccnc1. The first-order valence-electron chi connectivity index (χ1n) is 6.62. The maximum Gasteiger partial charge on any atom is 0.234 e. The Bertz CT molecular complexity index is 365. The predicted octanol–water partition coefficient (Wildman–Crippen LogP) is 0.293. The number of amides is 1. The molecule has 0 aliphatic rings. The summed E-state index contributed by atoms with van der Waals surface area (Å²) in [5.74, 6) is -0.0129. The van der Waals surface area contributed by atoms with E-state index in [-0.39, 0.29) is 5.91 Å². The van der Waals surface area contributed by atoms with Gasteiger partial charge < -0.3 is 14.8 Å². The first kappa shape index (κ1) is 16.6. The van der Waals surface area contributed by atoms with Crippen molar-refractivity contribution in [2.75, 3.05) is 47.1 Å². The van der Waals surface area contributed by atoms with Crippen molar-refractivity contribution in [1.82, 2.24) is 15.2 Å². The molecular weight excluding hydrogens is 258 g/mol. The zero-order valence-corrected chi connectivity index (χ0v) is 12.2. The summed E-state index contributed by atoms with van der Waals surface area (Å²) < 4.78 is 10.1. The third kappa shape index (κ3) is 7.18. The van der Waals surface area contributed by atoms with Crippen molar-refractivity contribution >= 4 is 5.91 Å². The lowest BCUT2D eigenvalue weighted by Crippen LogP contribution is -2.40. The zero-order chi connectivity index (χ0) is 14.6. The van der Waals surface area contributed by atoms with Gasteiger partial charge in [-0.1, -0.05) is 6.07 Å². The number of ether oxygens (including phenoxy) is 2. The van der Waals surface area contributed by atoms with Crippen LogP contribution < -0.4 is 5.32 Å². The van der Waals surface area contributed by atoms with Gasteiger partial charge in [0.1, 0.15) is 0 Å². The number of nitrogens with one attached hydrogen (secondary N) is 1. The first-order chi connectivity index (χ1) is 9.76. The minimum absolute atomic E-state index is 0.0129. The molecule has 1 aromatic rings. The molecule has 1 aromatic heterocycles. The van der Waals surface area contributed by atoms with Gasteiger partial charge >= 0.3 is 0 Å². The van der Waals surface area contributed by atoms with Gasteiger partial charge in [0.05, 0.1) is 19.8 Å². The largest absolute Gasteiger partial charge is 0.383 e. The van der Waals surface area contributed by atoms with Crippen LogP contribution in [0.1, 0.15) is 5.56 Å². The van der Waals surface area contributed by atoms with E-state index in [0.29, 0.717) is 39.4 Å². The third-order valence-electron chi connectivity index (χ3n) is 2.80. The molecule has 0 fully saturated rings.